The molecular weight excluding hydrogens is 430 g/mol. The molecule has 160 valence electrons. The summed E-state index contributed by atoms with van der Waals surface area (Å²) in [6.07, 6.45) is 2.03. The summed E-state index contributed by atoms with van der Waals surface area (Å²) in [5.41, 5.74) is 0.0763. The van der Waals surface area contributed by atoms with E-state index in [1.54, 1.807) is 13.8 Å². The summed E-state index contributed by atoms with van der Waals surface area (Å²) in [4.78, 5) is 42.9. The number of nitrogens with zero attached hydrogens (tertiary/aromatic N) is 4. The molecule has 10 nitrogen and oxygen atoms in total. The minimum atomic E-state index is -0.834. The highest BCUT2D eigenvalue weighted by Gasteiger charge is 2.24. The Labute approximate surface area is 179 Å². The van der Waals surface area contributed by atoms with E-state index in [1.165, 1.54) is 29.3 Å². The lowest BCUT2D eigenvalue weighted by Crippen LogP contribution is -2.31. The van der Waals surface area contributed by atoms with E-state index in [4.69, 9.17) is 9.47 Å². The number of carbonyl (C=O) groups excluding carboxylic acids is 2. The summed E-state index contributed by atoms with van der Waals surface area (Å²) in [6, 6.07) is -0.834. The smallest absolute Gasteiger partial charge is 0.348 e. The average Bonchev–Trinajstić information content (AvgIpc) is 3.32. The zero-order valence-electron chi connectivity index (χ0n) is 16.9. The van der Waals surface area contributed by atoms with Crippen LogP contribution in [0.25, 0.3) is 10.2 Å². The van der Waals surface area contributed by atoms with E-state index in [-0.39, 0.29) is 13.2 Å². The quantitative estimate of drug-likeness (QED) is 0.408. The van der Waals surface area contributed by atoms with Crippen molar-refractivity contribution in [2.24, 2.45) is 0 Å². The number of ether oxygens (including phenoxy) is 2. The molecule has 3 aromatic rings. The lowest BCUT2D eigenvalue weighted by Gasteiger charge is -2.13. The van der Waals surface area contributed by atoms with Gasteiger partial charge < -0.3 is 9.47 Å². The number of aromatic nitrogens is 4. The van der Waals surface area contributed by atoms with Gasteiger partial charge in [-0.3, -0.25) is 19.5 Å². The van der Waals surface area contributed by atoms with E-state index in [0.717, 1.165) is 22.8 Å². The molecule has 0 aliphatic rings. The van der Waals surface area contributed by atoms with E-state index in [9.17, 15) is 14.4 Å². The molecule has 3 heterocycles. The van der Waals surface area contributed by atoms with Crippen molar-refractivity contribution < 1.29 is 19.1 Å². The predicted octanol–water partition coefficient (Wildman–Crippen LogP) is 2.18. The van der Waals surface area contributed by atoms with E-state index >= 15 is 0 Å². The highest BCUT2D eigenvalue weighted by atomic mass is 32.1. The normalized spacial score (nSPS) is 12.1. The number of nitrogens with one attached hydrogen (secondary N) is 1. The monoisotopic (exact) mass is 451 g/mol. The summed E-state index contributed by atoms with van der Waals surface area (Å²) >= 11 is 2.37. The van der Waals surface area contributed by atoms with Gasteiger partial charge in [-0.15, -0.1) is 21.5 Å². The van der Waals surface area contributed by atoms with Crippen molar-refractivity contribution in [3.8, 4) is 0 Å². The second-order valence-electron chi connectivity index (χ2n) is 6.34. The Bertz CT molecular complexity index is 1140. The zero-order chi connectivity index (χ0) is 21.8. The van der Waals surface area contributed by atoms with Crippen molar-refractivity contribution in [2.75, 3.05) is 25.6 Å². The van der Waals surface area contributed by atoms with Gasteiger partial charge in [-0.2, -0.15) is 0 Å². The van der Waals surface area contributed by atoms with Gasteiger partial charge in [0.2, 0.25) is 11.0 Å². The third-order valence-electron chi connectivity index (χ3n) is 4.38. The molecule has 0 fully saturated rings. The van der Waals surface area contributed by atoms with Gasteiger partial charge in [0.25, 0.3) is 5.56 Å². The number of aryl methyl sites for hydroxylation is 2. The molecule has 30 heavy (non-hydrogen) atoms. The zero-order valence-corrected chi connectivity index (χ0v) is 18.6. The molecule has 0 saturated carbocycles. The van der Waals surface area contributed by atoms with Crippen molar-refractivity contribution >= 4 is 49.9 Å². The Morgan fingerprint density at radius 1 is 1.27 bits per heavy atom. The lowest BCUT2D eigenvalue weighted by molar-refractivity contribution is -0.118. The molecule has 1 N–H and O–H groups in total. The molecule has 0 aliphatic heterocycles. The molecule has 0 aromatic carbocycles. The first-order chi connectivity index (χ1) is 14.4. The SMILES string of the molecule is CCc1nnc(NC(=O)C(C)n2cnc3sc(C(=O)OCCOC)c(C)c3c2=O)s1. The van der Waals surface area contributed by atoms with Crippen molar-refractivity contribution in [3.05, 3.63) is 32.1 Å². The maximum Gasteiger partial charge on any atom is 0.348 e. The third-order valence-corrected chi connectivity index (χ3v) is 6.54. The van der Waals surface area contributed by atoms with Crippen LogP contribution in [0.4, 0.5) is 5.13 Å². The number of amides is 1. The number of methoxy groups -OCH3 is 1. The molecule has 1 atom stereocenters. The first-order valence-electron chi connectivity index (χ1n) is 9.16. The fourth-order valence-corrected chi connectivity index (χ4v) is 4.39. The minimum absolute atomic E-state index is 0.114. The first-order valence-corrected chi connectivity index (χ1v) is 10.8. The van der Waals surface area contributed by atoms with Gasteiger partial charge in [0.1, 0.15) is 27.4 Å². The first kappa shape index (κ1) is 22.0. The number of hydrogen-bond donors (Lipinski definition) is 1. The molecule has 3 aromatic heterocycles. The van der Waals surface area contributed by atoms with E-state index < -0.39 is 23.5 Å². The summed E-state index contributed by atoms with van der Waals surface area (Å²) in [5.74, 6) is -0.948. The number of anilines is 1. The highest BCUT2D eigenvalue weighted by Crippen LogP contribution is 2.28. The van der Waals surface area contributed by atoms with Crippen LogP contribution in [0.2, 0.25) is 0 Å². The summed E-state index contributed by atoms with van der Waals surface area (Å²) < 4.78 is 11.2. The Morgan fingerprint density at radius 2 is 2.03 bits per heavy atom. The van der Waals surface area contributed by atoms with Crippen LogP contribution >= 0.6 is 22.7 Å². The second kappa shape index (κ2) is 9.41. The fraction of sp³-hybridized carbons (Fsp3) is 0.444. The van der Waals surface area contributed by atoms with Crippen molar-refractivity contribution in [2.45, 2.75) is 33.2 Å². The van der Waals surface area contributed by atoms with E-state index in [1.807, 2.05) is 6.92 Å². The number of esters is 1. The molecule has 12 heteroatoms. The number of rotatable bonds is 8. The maximum atomic E-state index is 13.0. The fourth-order valence-electron chi connectivity index (χ4n) is 2.67. The van der Waals surface area contributed by atoms with Gasteiger partial charge in [-0.1, -0.05) is 18.3 Å². The number of thiophene rings is 1. The van der Waals surface area contributed by atoms with Crippen LogP contribution in [0.5, 0.6) is 0 Å². The van der Waals surface area contributed by atoms with Crippen molar-refractivity contribution in [1.82, 2.24) is 19.7 Å². The van der Waals surface area contributed by atoms with Crippen LogP contribution in [0.1, 0.15) is 40.1 Å². The van der Waals surface area contributed by atoms with Gasteiger partial charge in [0.15, 0.2) is 0 Å². The van der Waals surface area contributed by atoms with Crippen LogP contribution < -0.4 is 10.9 Å². The Kier molecular flexibility index (Phi) is 6.90. The van der Waals surface area contributed by atoms with Crippen molar-refractivity contribution in [1.29, 1.82) is 0 Å². The molecular formula is C18H21N5O5S2. The van der Waals surface area contributed by atoms with Crippen LogP contribution in [-0.4, -0.2) is 51.9 Å². The number of carbonyl (C=O) groups is 2. The number of hydrogen-bond acceptors (Lipinski definition) is 10. The largest absolute Gasteiger partial charge is 0.459 e. The molecule has 0 radical (unpaired) electrons. The van der Waals surface area contributed by atoms with Gasteiger partial charge in [0.05, 0.1) is 18.3 Å². The van der Waals surface area contributed by atoms with Crippen LogP contribution in [0, 0.1) is 6.92 Å². The molecule has 3 rings (SSSR count). The number of fused-ring (bicyclic) bond motifs is 1. The van der Waals surface area contributed by atoms with Crippen LogP contribution in [-0.2, 0) is 20.7 Å². The average molecular weight is 452 g/mol. The van der Waals surface area contributed by atoms with E-state index in [2.05, 4.69) is 20.5 Å². The highest BCUT2D eigenvalue weighted by molar-refractivity contribution is 7.20. The van der Waals surface area contributed by atoms with E-state index in [0.29, 0.717) is 25.8 Å². The minimum Gasteiger partial charge on any atom is -0.459 e. The predicted molar refractivity (Wildman–Crippen MR) is 113 cm³/mol. The summed E-state index contributed by atoms with van der Waals surface area (Å²) in [5, 5.41) is 12.0. The summed E-state index contributed by atoms with van der Waals surface area (Å²) in [7, 11) is 1.51. The third kappa shape index (κ3) is 4.40. The molecule has 0 bridgehead atoms. The lowest BCUT2D eigenvalue weighted by atomic mass is 10.2. The standard InChI is InChI=1S/C18H21N5O5S2/c1-5-11-21-22-18(29-11)20-14(24)10(3)23-8-19-15-12(16(23)25)9(2)13(30-15)17(26)28-7-6-27-4/h8,10H,5-7H2,1-4H3,(H,20,22,24). The summed E-state index contributed by atoms with van der Waals surface area (Å²) in [6.45, 7) is 5.59. The van der Waals surface area contributed by atoms with Crippen LogP contribution in [0.3, 0.4) is 0 Å². The second-order valence-corrected chi connectivity index (χ2v) is 8.40. The Hall–Kier alpha value is -2.70. The van der Waals surface area contributed by atoms with Gasteiger partial charge in [0, 0.05) is 7.11 Å². The molecule has 1 amide bonds. The molecule has 0 saturated heterocycles. The van der Waals surface area contributed by atoms with Crippen molar-refractivity contribution in [3.63, 3.8) is 0 Å². The van der Waals surface area contributed by atoms with Gasteiger partial charge >= 0.3 is 5.97 Å². The Morgan fingerprint density at radius 3 is 2.70 bits per heavy atom. The van der Waals surface area contributed by atoms with Crippen LogP contribution in [0.15, 0.2) is 11.1 Å². The van der Waals surface area contributed by atoms with Gasteiger partial charge in [-0.25, -0.2) is 9.78 Å². The Balaban J connectivity index is 1.86. The molecule has 1 unspecified atom stereocenters. The maximum absolute atomic E-state index is 13.0. The molecule has 0 spiro atoms. The topological polar surface area (TPSA) is 125 Å². The van der Waals surface area contributed by atoms with Gasteiger partial charge in [-0.05, 0) is 25.8 Å². The molecule has 0 aliphatic carbocycles.